The molecule has 0 aliphatic carbocycles. The van der Waals surface area contributed by atoms with Gasteiger partial charge in [-0.2, -0.15) is 4.98 Å². The van der Waals surface area contributed by atoms with Crippen LogP contribution in [0, 0.1) is 0 Å². The molecule has 1 amide bonds. The third-order valence-electron chi connectivity index (χ3n) is 3.87. The molecule has 2 heterocycles. The molecule has 2 unspecified atom stereocenters. The van der Waals surface area contributed by atoms with E-state index >= 15 is 0 Å². The van der Waals surface area contributed by atoms with Gasteiger partial charge in [-0.05, 0) is 24.5 Å². The summed E-state index contributed by atoms with van der Waals surface area (Å²) in [7, 11) is 0. The summed E-state index contributed by atoms with van der Waals surface area (Å²) < 4.78 is 12.0. The van der Waals surface area contributed by atoms with Gasteiger partial charge in [-0.1, -0.05) is 44.2 Å². The number of amides is 1. The highest BCUT2D eigenvalue weighted by molar-refractivity contribution is 5.83. The standard InChI is InChI=1S/C17H19N3O5.C2H6/c21-10-13-6-7-15(25-13)20-9-8-14(18-16(20)22)19-17(23)24-11-12-4-2-1-3-5-12;1-2/h1-5,8-9,13,15,21H,6-7,10-11H2,(H,18,19,22,23);1-2H3. The van der Waals surface area contributed by atoms with E-state index in [1.165, 1.54) is 16.8 Å². The van der Waals surface area contributed by atoms with Crippen molar-refractivity contribution in [1.29, 1.82) is 0 Å². The maximum Gasteiger partial charge on any atom is 0.413 e. The third-order valence-corrected chi connectivity index (χ3v) is 3.87. The number of nitrogens with one attached hydrogen (secondary N) is 1. The summed E-state index contributed by atoms with van der Waals surface area (Å²) in [4.78, 5) is 27.7. The number of benzene rings is 1. The Hall–Kier alpha value is -2.71. The fourth-order valence-corrected chi connectivity index (χ4v) is 2.59. The molecular formula is C19H25N3O5. The first kappa shape index (κ1) is 20.6. The van der Waals surface area contributed by atoms with Gasteiger partial charge >= 0.3 is 11.8 Å². The van der Waals surface area contributed by atoms with E-state index in [1.807, 2.05) is 44.2 Å². The first-order chi connectivity index (χ1) is 13.2. The van der Waals surface area contributed by atoms with E-state index in [2.05, 4.69) is 10.3 Å². The van der Waals surface area contributed by atoms with Crippen LogP contribution in [0.25, 0.3) is 0 Å². The zero-order valence-electron chi connectivity index (χ0n) is 15.5. The van der Waals surface area contributed by atoms with E-state index in [-0.39, 0.29) is 25.1 Å². The molecule has 8 heteroatoms. The van der Waals surface area contributed by atoms with Crippen LogP contribution in [-0.2, 0) is 16.1 Å². The van der Waals surface area contributed by atoms with Crippen molar-refractivity contribution in [2.75, 3.05) is 11.9 Å². The lowest BCUT2D eigenvalue weighted by Crippen LogP contribution is -2.28. The normalized spacial score (nSPS) is 18.3. The van der Waals surface area contributed by atoms with E-state index in [0.29, 0.717) is 12.8 Å². The van der Waals surface area contributed by atoms with Crippen molar-refractivity contribution in [3.63, 3.8) is 0 Å². The number of ether oxygens (including phenoxy) is 2. The molecule has 1 aliphatic heterocycles. The number of hydrogen-bond acceptors (Lipinski definition) is 6. The summed E-state index contributed by atoms with van der Waals surface area (Å²) in [5.41, 5.74) is 0.322. The Morgan fingerprint density at radius 1 is 1.30 bits per heavy atom. The second-order valence-electron chi connectivity index (χ2n) is 5.66. The van der Waals surface area contributed by atoms with Gasteiger partial charge in [0.25, 0.3) is 0 Å². The molecule has 2 atom stereocenters. The second kappa shape index (κ2) is 10.4. The lowest BCUT2D eigenvalue weighted by molar-refractivity contribution is -0.0245. The fraction of sp³-hybridized carbons (Fsp3) is 0.421. The van der Waals surface area contributed by atoms with Crippen LogP contribution in [-0.4, -0.2) is 33.5 Å². The van der Waals surface area contributed by atoms with E-state index in [0.717, 1.165) is 5.56 Å². The molecule has 1 aromatic heterocycles. The third kappa shape index (κ3) is 5.90. The van der Waals surface area contributed by atoms with Crippen LogP contribution in [0.4, 0.5) is 10.6 Å². The summed E-state index contributed by atoms with van der Waals surface area (Å²) in [5, 5.41) is 11.5. The average Bonchev–Trinajstić information content (AvgIpc) is 3.18. The first-order valence-corrected chi connectivity index (χ1v) is 8.99. The molecule has 2 aromatic rings. The smallest absolute Gasteiger partial charge is 0.413 e. The first-order valence-electron chi connectivity index (χ1n) is 8.99. The Bertz CT molecular complexity index is 778. The van der Waals surface area contributed by atoms with Crippen LogP contribution in [0.3, 0.4) is 0 Å². The Balaban J connectivity index is 0.00000126. The van der Waals surface area contributed by atoms with Gasteiger partial charge in [0.2, 0.25) is 0 Å². The van der Waals surface area contributed by atoms with Crippen molar-refractivity contribution in [3.05, 3.63) is 58.6 Å². The molecule has 1 saturated heterocycles. The van der Waals surface area contributed by atoms with Crippen molar-refractivity contribution < 1.29 is 19.4 Å². The maximum absolute atomic E-state index is 12.1. The number of carbonyl (C=O) groups is 1. The molecule has 1 aliphatic rings. The lowest BCUT2D eigenvalue weighted by atomic mass is 10.2. The summed E-state index contributed by atoms with van der Waals surface area (Å²) in [5.74, 6) is 0.107. The number of anilines is 1. The van der Waals surface area contributed by atoms with Gasteiger partial charge < -0.3 is 14.6 Å². The van der Waals surface area contributed by atoms with E-state index < -0.39 is 18.0 Å². The van der Waals surface area contributed by atoms with Gasteiger partial charge in [0.1, 0.15) is 18.7 Å². The highest BCUT2D eigenvalue weighted by atomic mass is 16.5. The number of aliphatic hydroxyl groups is 1. The van der Waals surface area contributed by atoms with Gasteiger partial charge in [0.05, 0.1) is 12.7 Å². The van der Waals surface area contributed by atoms with Gasteiger partial charge in [0, 0.05) is 6.20 Å². The minimum atomic E-state index is -0.689. The number of aliphatic hydroxyl groups excluding tert-OH is 1. The monoisotopic (exact) mass is 375 g/mol. The summed E-state index contributed by atoms with van der Waals surface area (Å²) in [6.07, 6.45) is 1.41. The van der Waals surface area contributed by atoms with E-state index in [1.54, 1.807) is 0 Å². The zero-order chi connectivity index (χ0) is 19.6. The van der Waals surface area contributed by atoms with Crippen LogP contribution >= 0.6 is 0 Å². The Kier molecular flexibility index (Phi) is 7.97. The molecule has 27 heavy (non-hydrogen) atoms. The summed E-state index contributed by atoms with van der Waals surface area (Å²) in [6.45, 7) is 4.05. The minimum Gasteiger partial charge on any atom is -0.444 e. The van der Waals surface area contributed by atoms with Crippen LogP contribution in [0.1, 0.15) is 38.5 Å². The zero-order valence-corrected chi connectivity index (χ0v) is 15.5. The number of hydrogen-bond donors (Lipinski definition) is 2. The van der Waals surface area contributed by atoms with Crippen LogP contribution < -0.4 is 11.0 Å². The van der Waals surface area contributed by atoms with E-state index in [9.17, 15) is 9.59 Å². The van der Waals surface area contributed by atoms with Gasteiger partial charge in [-0.3, -0.25) is 9.88 Å². The molecular weight excluding hydrogens is 350 g/mol. The van der Waals surface area contributed by atoms with Crippen molar-refractivity contribution in [2.45, 2.75) is 45.6 Å². The number of carbonyl (C=O) groups excluding carboxylic acids is 1. The van der Waals surface area contributed by atoms with Crippen molar-refractivity contribution in [3.8, 4) is 0 Å². The molecule has 0 spiro atoms. The second-order valence-corrected chi connectivity index (χ2v) is 5.66. The molecule has 8 nitrogen and oxygen atoms in total. The largest absolute Gasteiger partial charge is 0.444 e. The highest BCUT2D eigenvalue weighted by Gasteiger charge is 2.26. The molecule has 3 rings (SSSR count). The maximum atomic E-state index is 12.1. The van der Waals surface area contributed by atoms with Crippen molar-refractivity contribution >= 4 is 11.9 Å². The quantitative estimate of drug-likeness (QED) is 0.833. The van der Waals surface area contributed by atoms with Crippen LogP contribution in [0.15, 0.2) is 47.4 Å². The molecule has 146 valence electrons. The summed E-state index contributed by atoms with van der Waals surface area (Å²) >= 11 is 0. The molecule has 2 N–H and O–H groups in total. The van der Waals surface area contributed by atoms with Crippen LogP contribution in [0.2, 0.25) is 0 Å². The lowest BCUT2D eigenvalue weighted by Gasteiger charge is -2.15. The molecule has 1 fully saturated rings. The minimum absolute atomic E-state index is 0.0778. The number of rotatable bonds is 5. The SMILES string of the molecule is CC.O=C(Nc1ccn(C2CCC(CO)O2)c(=O)n1)OCc1ccccc1. The highest BCUT2D eigenvalue weighted by Crippen LogP contribution is 2.26. The topological polar surface area (TPSA) is 103 Å². The van der Waals surface area contributed by atoms with Gasteiger partial charge in [0.15, 0.2) is 0 Å². The molecule has 0 saturated carbocycles. The molecule has 0 radical (unpaired) electrons. The van der Waals surface area contributed by atoms with Crippen LogP contribution in [0.5, 0.6) is 0 Å². The predicted octanol–water partition coefficient (Wildman–Crippen LogP) is 2.69. The Morgan fingerprint density at radius 2 is 2.04 bits per heavy atom. The molecule has 0 bridgehead atoms. The van der Waals surface area contributed by atoms with E-state index in [4.69, 9.17) is 14.6 Å². The summed E-state index contributed by atoms with van der Waals surface area (Å²) in [6, 6.07) is 10.8. The fourth-order valence-electron chi connectivity index (χ4n) is 2.59. The Labute approximate surface area is 157 Å². The molecule has 1 aromatic carbocycles. The van der Waals surface area contributed by atoms with Crippen molar-refractivity contribution in [1.82, 2.24) is 9.55 Å². The number of nitrogens with zero attached hydrogens (tertiary/aromatic N) is 2. The number of aromatic nitrogens is 2. The predicted molar refractivity (Wildman–Crippen MR) is 100 cm³/mol. The Morgan fingerprint density at radius 3 is 2.67 bits per heavy atom. The van der Waals surface area contributed by atoms with Crippen molar-refractivity contribution in [2.24, 2.45) is 0 Å². The van der Waals surface area contributed by atoms with Gasteiger partial charge in [-0.25, -0.2) is 9.59 Å². The van der Waals surface area contributed by atoms with Gasteiger partial charge in [-0.15, -0.1) is 0 Å². The average molecular weight is 375 g/mol.